The molecular formula is C18H29ClN4O. The van der Waals surface area contributed by atoms with Crippen LogP contribution in [0.5, 0.6) is 5.75 Å². The average molecular weight is 353 g/mol. The number of nitrogens with one attached hydrogen (secondary N) is 1. The lowest BCUT2D eigenvalue weighted by Gasteiger charge is -2.23. The molecule has 0 aliphatic carbocycles. The molecule has 0 saturated carbocycles. The first-order chi connectivity index (χ1) is 11.6. The molecule has 1 fully saturated rings. The minimum atomic E-state index is 0.603. The van der Waals surface area contributed by atoms with Crippen molar-refractivity contribution in [2.24, 2.45) is 10.9 Å². The van der Waals surface area contributed by atoms with Crippen molar-refractivity contribution in [1.29, 1.82) is 0 Å². The molecule has 1 saturated heterocycles. The van der Waals surface area contributed by atoms with E-state index in [1.54, 1.807) is 0 Å². The fraction of sp³-hybridized carbons (Fsp3) is 0.611. The molecule has 1 atom stereocenters. The highest BCUT2D eigenvalue weighted by Crippen LogP contribution is 2.16. The van der Waals surface area contributed by atoms with E-state index in [1.165, 1.54) is 19.5 Å². The smallest absolute Gasteiger partial charge is 0.193 e. The van der Waals surface area contributed by atoms with Gasteiger partial charge in [0.2, 0.25) is 0 Å². The summed E-state index contributed by atoms with van der Waals surface area (Å²) >= 11 is 5.87. The Labute approximate surface area is 150 Å². The van der Waals surface area contributed by atoms with Crippen molar-refractivity contribution in [3.05, 3.63) is 29.3 Å². The Morgan fingerprint density at radius 3 is 2.79 bits per heavy atom. The van der Waals surface area contributed by atoms with Crippen LogP contribution in [0.25, 0.3) is 0 Å². The predicted octanol–water partition coefficient (Wildman–Crippen LogP) is 2.57. The third-order valence-corrected chi connectivity index (χ3v) is 4.70. The zero-order chi connectivity index (χ0) is 17.4. The summed E-state index contributed by atoms with van der Waals surface area (Å²) in [5, 5.41) is 4.21. The van der Waals surface area contributed by atoms with Gasteiger partial charge >= 0.3 is 0 Å². The molecule has 0 radical (unpaired) electrons. The van der Waals surface area contributed by atoms with E-state index in [0.717, 1.165) is 36.4 Å². The number of likely N-dealkylation sites (N-methyl/N-ethyl adjacent to an activating group) is 1. The van der Waals surface area contributed by atoms with E-state index in [1.807, 2.05) is 38.4 Å². The minimum absolute atomic E-state index is 0.603. The monoisotopic (exact) mass is 352 g/mol. The van der Waals surface area contributed by atoms with Crippen LogP contribution in [0.3, 0.4) is 0 Å². The van der Waals surface area contributed by atoms with Crippen LogP contribution >= 0.6 is 11.6 Å². The molecule has 134 valence electrons. The quantitative estimate of drug-likeness (QED) is 0.605. The third-order valence-electron chi connectivity index (χ3n) is 4.45. The number of hydrogen-bond acceptors (Lipinski definition) is 3. The van der Waals surface area contributed by atoms with E-state index < -0.39 is 0 Å². The number of aliphatic imine (C=N–C) groups is 1. The van der Waals surface area contributed by atoms with Gasteiger partial charge < -0.3 is 19.9 Å². The molecule has 1 heterocycles. The van der Waals surface area contributed by atoms with Crippen LogP contribution in [0.1, 0.15) is 13.3 Å². The number of rotatable bonds is 7. The minimum Gasteiger partial charge on any atom is -0.492 e. The van der Waals surface area contributed by atoms with Crippen LogP contribution in [0, 0.1) is 5.92 Å². The maximum atomic E-state index is 5.87. The second kappa shape index (κ2) is 9.74. The lowest BCUT2D eigenvalue weighted by molar-refractivity contribution is 0.280. The first-order valence-electron chi connectivity index (χ1n) is 8.65. The molecule has 5 nitrogen and oxygen atoms in total. The van der Waals surface area contributed by atoms with Crippen LogP contribution < -0.4 is 10.1 Å². The van der Waals surface area contributed by atoms with Crippen molar-refractivity contribution in [2.45, 2.75) is 13.3 Å². The van der Waals surface area contributed by atoms with Gasteiger partial charge in [-0.25, -0.2) is 0 Å². The van der Waals surface area contributed by atoms with Crippen molar-refractivity contribution in [3.63, 3.8) is 0 Å². The third kappa shape index (κ3) is 5.87. The normalized spacial score (nSPS) is 18.7. The average Bonchev–Trinajstić information content (AvgIpc) is 3.05. The standard InChI is InChI=1S/C18H29ClN4O/c1-4-23-10-9-15(14-23)13-21-18(20-2)22(3)11-12-24-17-7-5-16(19)6-8-17/h5-8,15H,4,9-14H2,1-3H3,(H,20,21). The highest BCUT2D eigenvalue weighted by Gasteiger charge is 2.21. The van der Waals surface area contributed by atoms with E-state index in [0.29, 0.717) is 12.5 Å². The Hall–Kier alpha value is -1.46. The Morgan fingerprint density at radius 1 is 1.42 bits per heavy atom. The van der Waals surface area contributed by atoms with Gasteiger partial charge in [-0.1, -0.05) is 18.5 Å². The Bertz CT molecular complexity index is 520. The molecule has 0 bridgehead atoms. The molecule has 1 aliphatic heterocycles. The van der Waals surface area contributed by atoms with Crippen molar-refractivity contribution in [1.82, 2.24) is 15.1 Å². The molecule has 1 aromatic carbocycles. The van der Waals surface area contributed by atoms with Gasteiger partial charge in [-0.3, -0.25) is 4.99 Å². The van der Waals surface area contributed by atoms with Gasteiger partial charge in [-0.15, -0.1) is 0 Å². The van der Waals surface area contributed by atoms with E-state index >= 15 is 0 Å². The number of halogens is 1. The fourth-order valence-corrected chi connectivity index (χ4v) is 3.05. The van der Waals surface area contributed by atoms with E-state index in [4.69, 9.17) is 16.3 Å². The zero-order valence-electron chi connectivity index (χ0n) is 15.0. The molecule has 1 aliphatic rings. The van der Waals surface area contributed by atoms with Gasteiger partial charge in [0.05, 0.1) is 6.54 Å². The van der Waals surface area contributed by atoms with E-state index in [2.05, 4.69) is 27.0 Å². The summed E-state index contributed by atoms with van der Waals surface area (Å²) in [5.41, 5.74) is 0. The number of benzene rings is 1. The zero-order valence-corrected chi connectivity index (χ0v) is 15.7. The highest BCUT2D eigenvalue weighted by molar-refractivity contribution is 6.30. The SMILES string of the molecule is CCN1CCC(CNC(=NC)N(C)CCOc2ccc(Cl)cc2)C1. The van der Waals surface area contributed by atoms with Gasteiger partial charge in [-0.05, 0) is 49.7 Å². The molecule has 1 aromatic rings. The van der Waals surface area contributed by atoms with E-state index in [-0.39, 0.29) is 0 Å². The Morgan fingerprint density at radius 2 is 2.17 bits per heavy atom. The highest BCUT2D eigenvalue weighted by atomic mass is 35.5. The number of hydrogen-bond donors (Lipinski definition) is 1. The van der Waals surface area contributed by atoms with Crippen molar-refractivity contribution in [2.75, 3.05) is 53.4 Å². The maximum absolute atomic E-state index is 5.87. The summed E-state index contributed by atoms with van der Waals surface area (Å²) in [4.78, 5) is 8.97. The molecule has 1 unspecified atom stereocenters. The van der Waals surface area contributed by atoms with Crippen molar-refractivity contribution in [3.8, 4) is 5.75 Å². The predicted molar refractivity (Wildman–Crippen MR) is 101 cm³/mol. The van der Waals surface area contributed by atoms with E-state index in [9.17, 15) is 0 Å². The molecule has 24 heavy (non-hydrogen) atoms. The number of guanidine groups is 1. The van der Waals surface area contributed by atoms with Crippen LogP contribution in [0.2, 0.25) is 5.02 Å². The van der Waals surface area contributed by atoms with Crippen LogP contribution in [0.4, 0.5) is 0 Å². The van der Waals surface area contributed by atoms with Crippen LogP contribution in [-0.4, -0.2) is 69.2 Å². The summed E-state index contributed by atoms with van der Waals surface area (Å²) in [6.45, 7) is 8.12. The summed E-state index contributed by atoms with van der Waals surface area (Å²) in [5.74, 6) is 2.46. The molecular weight excluding hydrogens is 324 g/mol. The molecule has 0 spiro atoms. The first kappa shape index (κ1) is 18.9. The second-order valence-electron chi connectivity index (χ2n) is 6.20. The molecule has 0 amide bonds. The Balaban J connectivity index is 1.69. The number of likely N-dealkylation sites (tertiary alicyclic amines) is 1. The number of nitrogens with zero attached hydrogens (tertiary/aromatic N) is 3. The first-order valence-corrected chi connectivity index (χ1v) is 9.02. The molecule has 1 N–H and O–H groups in total. The van der Waals surface area contributed by atoms with Crippen LogP contribution in [-0.2, 0) is 0 Å². The fourth-order valence-electron chi connectivity index (χ4n) is 2.92. The van der Waals surface area contributed by atoms with Crippen molar-refractivity contribution >= 4 is 17.6 Å². The summed E-state index contributed by atoms with van der Waals surface area (Å²) in [6.07, 6.45) is 1.27. The molecule has 6 heteroatoms. The lowest BCUT2D eigenvalue weighted by Crippen LogP contribution is -2.43. The number of ether oxygens (including phenoxy) is 1. The Kier molecular flexibility index (Phi) is 7.66. The van der Waals surface area contributed by atoms with Gasteiger partial charge in [0.25, 0.3) is 0 Å². The lowest BCUT2D eigenvalue weighted by atomic mass is 10.1. The largest absolute Gasteiger partial charge is 0.492 e. The maximum Gasteiger partial charge on any atom is 0.193 e. The summed E-state index contributed by atoms with van der Waals surface area (Å²) in [6, 6.07) is 7.44. The topological polar surface area (TPSA) is 40.1 Å². The molecule has 0 aromatic heterocycles. The summed E-state index contributed by atoms with van der Waals surface area (Å²) in [7, 11) is 3.86. The molecule has 2 rings (SSSR count). The second-order valence-corrected chi connectivity index (χ2v) is 6.64. The summed E-state index contributed by atoms with van der Waals surface area (Å²) < 4.78 is 5.74. The van der Waals surface area contributed by atoms with Crippen LogP contribution in [0.15, 0.2) is 29.3 Å². The van der Waals surface area contributed by atoms with Gasteiger partial charge in [0.1, 0.15) is 12.4 Å². The van der Waals surface area contributed by atoms with Gasteiger partial charge in [0, 0.05) is 32.2 Å². The van der Waals surface area contributed by atoms with Crippen molar-refractivity contribution < 1.29 is 4.74 Å². The van der Waals surface area contributed by atoms with Gasteiger partial charge in [-0.2, -0.15) is 0 Å². The van der Waals surface area contributed by atoms with Gasteiger partial charge in [0.15, 0.2) is 5.96 Å².